The molecule has 0 bridgehead atoms. The Labute approximate surface area is 132 Å². The Morgan fingerprint density at radius 2 is 2.04 bits per heavy atom. The predicted octanol–water partition coefficient (Wildman–Crippen LogP) is 0.574. The van der Waals surface area contributed by atoms with Gasteiger partial charge in [0, 0.05) is 0 Å². The van der Waals surface area contributed by atoms with Gasteiger partial charge in [-0.3, -0.25) is 4.79 Å². The minimum absolute atomic E-state index is 0.143. The fourth-order valence-corrected chi connectivity index (χ4v) is 2.39. The summed E-state index contributed by atoms with van der Waals surface area (Å²) >= 11 is 0. The van der Waals surface area contributed by atoms with Gasteiger partial charge >= 0.3 is 5.97 Å². The van der Waals surface area contributed by atoms with E-state index in [0.29, 0.717) is 12.3 Å². The van der Waals surface area contributed by atoms with E-state index in [4.69, 9.17) is 0 Å². The second-order valence-electron chi connectivity index (χ2n) is 5.74. The molecular formula is C15H17N5O3. The number of carboxylic acids is 1. The molecule has 23 heavy (non-hydrogen) atoms. The molecule has 1 aliphatic rings. The van der Waals surface area contributed by atoms with E-state index >= 15 is 0 Å². The smallest absolute Gasteiger partial charge is 0.326 e. The van der Waals surface area contributed by atoms with Gasteiger partial charge in [-0.15, -0.1) is 5.10 Å². The predicted molar refractivity (Wildman–Crippen MR) is 79.8 cm³/mol. The lowest BCUT2D eigenvalue weighted by atomic mass is 10.1. The lowest BCUT2D eigenvalue weighted by molar-refractivity contribution is -0.142. The third-order valence-electron chi connectivity index (χ3n) is 3.81. The lowest BCUT2D eigenvalue weighted by Gasteiger charge is -2.14. The fourth-order valence-electron chi connectivity index (χ4n) is 2.39. The Balaban J connectivity index is 1.57. The molecule has 0 saturated heterocycles. The minimum Gasteiger partial charge on any atom is -0.480 e. The van der Waals surface area contributed by atoms with Crippen molar-refractivity contribution in [1.82, 2.24) is 25.5 Å². The van der Waals surface area contributed by atoms with Crippen LogP contribution in [0.2, 0.25) is 0 Å². The fraction of sp³-hybridized carbons (Fsp3) is 0.400. The molecule has 1 atom stereocenters. The first kappa shape index (κ1) is 15.1. The van der Waals surface area contributed by atoms with Gasteiger partial charge < -0.3 is 10.4 Å². The van der Waals surface area contributed by atoms with Crippen LogP contribution in [0.5, 0.6) is 0 Å². The Morgan fingerprint density at radius 1 is 1.30 bits per heavy atom. The van der Waals surface area contributed by atoms with Crippen molar-refractivity contribution in [2.45, 2.75) is 31.7 Å². The summed E-state index contributed by atoms with van der Waals surface area (Å²) in [6.07, 6.45) is 4.25. The van der Waals surface area contributed by atoms with Crippen molar-refractivity contribution < 1.29 is 14.7 Å². The van der Waals surface area contributed by atoms with Crippen LogP contribution in [0.25, 0.3) is 5.69 Å². The number of carboxylic acid groups (broad SMARTS) is 1. The summed E-state index contributed by atoms with van der Waals surface area (Å²) in [4.78, 5) is 23.2. The van der Waals surface area contributed by atoms with E-state index in [2.05, 4.69) is 20.8 Å². The maximum absolute atomic E-state index is 12.0. The van der Waals surface area contributed by atoms with Crippen LogP contribution in [0.3, 0.4) is 0 Å². The summed E-state index contributed by atoms with van der Waals surface area (Å²) in [6.45, 7) is 0. The van der Waals surface area contributed by atoms with E-state index in [1.54, 1.807) is 24.3 Å². The zero-order chi connectivity index (χ0) is 16.2. The Morgan fingerprint density at radius 3 is 2.61 bits per heavy atom. The molecule has 0 spiro atoms. The zero-order valence-corrected chi connectivity index (χ0v) is 12.4. The van der Waals surface area contributed by atoms with Crippen molar-refractivity contribution in [3.63, 3.8) is 0 Å². The van der Waals surface area contributed by atoms with E-state index in [1.807, 2.05) is 0 Å². The molecular weight excluding hydrogens is 298 g/mol. The highest BCUT2D eigenvalue weighted by molar-refractivity contribution is 5.84. The summed E-state index contributed by atoms with van der Waals surface area (Å²) in [5, 5.41) is 22.7. The molecule has 1 aliphatic carbocycles. The van der Waals surface area contributed by atoms with Crippen molar-refractivity contribution in [2.24, 2.45) is 5.92 Å². The van der Waals surface area contributed by atoms with Gasteiger partial charge in [-0.1, -0.05) is 25.0 Å². The number of carbonyl (C=O) groups is 2. The standard InChI is InChI=1S/C15H17N5O3/c21-14(17-13(15(22)23)7-10-1-2-10)8-11-3-5-12(6-4-11)20-9-16-18-19-20/h3-6,9-10,13H,1-2,7-8H2,(H,17,21)(H,22,23). The average molecular weight is 315 g/mol. The molecule has 120 valence electrons. The van der Waals surface area contributed by atoms with Crippen LogP contribution in [0.15, 0.2) is 30.6 Å². The average Bonchev–Trinajstić information content (AvgIpc) is 3.17. The summed E-state index contributed by atoms with van der Waals surface area (Å²) in [6, 6.07) is 6.41. The summed E-state index contributed by atoms with van der Waals surface area (Å²) in [7, 11) is 0. The summed E-state index contributed by atoms with van der Waals surface area (Å²) in [5.74, 6) is -0.820. The first-order valence-corrected chi connectivity index (χ1v) is 7.46. The number of carbonyl (C=O) groups excluding carboxylic acids is 1. The van der Waals surface area contributed by atoms with Crippen LogP contribution in [-0.4, -0.2) is 43.2 Å². The Kier molecular flexibility index (Phi) is 4.31. The first-order chi connectivity index (χ1) is 11.1. The third-order valence-corrected chi connectivity index (χ3v) is 3.81. The largest absolute Gasteiger partial charge is 0.480 e. The number of tetrazole rings is 1. The normalized spacial score (nSPS) is 15.1. The molecule has 8 heteroatoms. The number of benzene rings is 1. The number of aliphatic carboxylic acids is 1. The highest BCUT2D eigenvalue weighted by atomic mass is 16.4. The zero-order valence-electron chi connectivity index (χ0n) is 12.4. The maximum atomic E-state index is 12.0. The van der Waals surface area contributed by atoms with Crippen molar-refractivity contribution in [3.05, 3.63) is 36.2 Å². The Hall–Kier alpha value is -2.77. The van der Waals surface area contributed by atoms with Gasteiger partial charge in [0.1, 0.15) is 12.4 Å². The SMILES string of the molecule is O=C(Cc1ccc(-n2cnnn2)cc1)NC(CC1CC1)C(=O)O. The van der Waals surface area contributed by atoms with E-state index in [-0.39, 0.29) is 12.3 Å². The van der Waals surface area contributed by atoms with E-state index in [0.717, 1.165) is 24.1 Å². The maximum Gasteiger partial charge on any atom is 0.326 e. The number of nitrogens with one attached hydrogen (secondary N) is 1. The van der Waals surface area contributed by atoms with Crippen LogP contribution in [0.4, 0.5) is 0 Å². The molecule has 0 radical (unpaired) electrons. The van der Waals surface area contributed by atoms with Crippen LogP contribution >= 0.6 is 0 Å². The molecule has 0 aliphatic heterocycles. The van der Waals surface area contributed by atoms with Gasteiger partial charge in [0.25, 0.3) is 0 Å². The molecule has 1 fully saturated rings. The van der Waals surface area contributed by atoms with Gasteiger partial charge in [0.2, 0.25) is 5.91 Å². The molecule has 8 nitrogen and oxygen atoms in total. The number of nitrogens with zero attached hydrogens (tertiary/aromatic N) is 4. The molecule has 1 aromatic carbocycles. The van der Waals surface area contributed by atoms with Crippen molar-refractivity contribution in [1.29, 1.82) is 0 Å². The second-order valence-corrected chi connectivity index (χ2v) is 5.74. The lowest BCUT2D eigenvalue weighted by Crippen LogP contribution is -2.41. The van der Waals surface area contributed by atoms with E-state index in [1.165, 1.54) is 11.0 Å². The molecule has 2 N–H and O–H groups in total. The van der Waals surface area contributed by atoms with Crippen LogP contribution in [-0.2, 0) is 16.0 Å². The van der Waals surface area contributed by atoms with Gasteiger partial charge in [-0.2, -0.15) is 0 Å². The molecule has 1 amide bonds. The molecule has 3 rings (SSSR count). The van der Waals surface area contributed by atoms with Crippen LogP contribution < -0.4 is 5.32 Å². The molecule has 1 saturated carbocycles. The molecule has 1 heterocycles. The minimum atomic E-state index is -0.973. The number of rotatable bonds is 7. The number of aromatic nitrogens is 4. The van der Waals surface area contributed by atoms with Crippen LogP contribution in [0, 0.1) is 5.92 Å². The summed E-state index contributed by atoms with van der Waals surface area (Å²) < 4.78 is 1.51. The number of hydrogen-bond donors (Lipinski definition) is 2. The second kappa shape index (κ2) is 6.55. The van der Waals surface area contributed by atoms with Gasteiger partial charge in [-0.25, -0.2) is 9.48 Å². The van der Waals surface area contributed by atoms with Crippen molar-refractivity contribution in [2.75, 3.05) is 0 Å². The van der Waals surface area contributed by atoms with Crippen LogP contribution in [0.1, 0.15) is 24.8 Å². The van der Waals surface area contributed by atoms with Gasteiger partial charge in [-0.05, 0) is 40.5 Å². The first-order valence-electron chi connectivity index (χ1n) is 7.46. The van der Waals surface area contributed by atoms with E-state index < -0.39 is 12.0 Å². The van der Waals surface area contributed by atoms with Gasteiger partial charge in [0.15, 0.2) is 0 Å². The summed E-state index contributed by atoms with van der Waals surface area (Å²) in [5.41, 5.74) is 1.59. The van der Waals surface area contributed by atoms with E-state index in [9.17, 15) is 14.7 Å². The highest BCUT2D eigenvalue weighted by Crippen LogP contribution is 2.33. The topological polar surface area (TPSA) is 110 Å². The third kappa shape index (κ3) is 4.12. The molecule has 1 unspecified atom stereocenters. The Bertz CT molecular complexity index is 680. The number of hydrogen-bond acceptors (Lipinski definition) is 5. The quantitative estimate of drug-likeness (QED) is 0.773. The van der Waals surface area contributed by atoms with Crippen molar-refractivity contribution >= 4 is 11.9 Å². The van der Waals surface area contributed by atoms with Crippen molar-refractivity contribution in [3.8, 4) is 5.69 Å². The molecule has 2 aromatic rings. The number of amides is 1. The highest BCUT2D eigenvalue weighted by Gasteiger charge is 2.30. The molecule has 1 aromatic heterocycles. The van der Waals surface area contributed by atoms with Gasteiger partial charge in [0.05, 0.1) is 12.1 Å². The monoisotopic (exact) mass is 315 g/mol.